The van der Waals surface area contributed by atoms with Gasteiger partial charge in [0.15, 0.2) is 6.29 Å². The zero-order valence-corrected chi connectivity index (χ0v) is 16.0. The number of fused-ring (bicyclic) bond motifs is 3. The first kappa shape index (κ1) is 19.1. The Morgan fingerprint density at radius 3 is 2.79 bits per heavy atom. The average molecular weight is 395 g/mol. The van der Waals surface area contributed by atoms with Crippen molar-refractivity contribution in [3.8, 4) is 18.1 Å². The Morgan fingerprint density at radius 2 is 2.14 bits per heavy atom. The number of terminal acetylenes is 1. The summed E-state index contributed by atoms with van der Waals surface area (Å²) in [6, 6.07) is 9.67. The van der Waals surface area contributed by atoms with E-state index >= 15 is 0 Å². The van der Waals surface area contributed by atoms with Gasteiger partial charge in [-0.3, -0.25) is 9.69 Å². The maximum absolute atomic E-state index is 13.1. The van der Waals surface area contributed by atoms with Crippen LogP contribution in [0.15, 0.2) is 36.4 Å². The van der Waals surface area contributed by atoms with Gasteiger partial charge in [-0.1, -0.05) is 18.1 Å². The van der Waals surface area contributed by atoms with Crippen molar-refractivity contribution in [1.82, 2.24) is 14.5 Å². The summed E-state index contributed by atoms with van der Waals surface area (Å²) in [5.74, 6) is 3.41. The predicted octanol–water partition coefficient (Wildman–Crippen LogP) is 4.03. The molecule has 1 aromatic heterocycles. The fourth-order valence-electron chi connectivity index (χ4n) is 4.09. The molecule has 0 amide bonds. The molecule has 0 bridgehead atoms. The third-order valence-electron chi connectivity index (χ3n) is 5.34. The number of alkyl halides is 2. The first-order chi connectivity index (χ1) is 13.9. The van der Waals surface area contributed by atoms with Gasteiger partial charge < -0.3 is 9.30 Å². The molecule has 7 heteroatoms. The lowest BCUT2D eigenvalue weighted by atomic mass is 9.96. The lowest BCUT2D eigenvalue weighted by Crippen LogP contribution is -2.18. The SMILES string of the molecule is C#Cc1ccc2nc3n(c2c1)C(c1c(C=O)cccc1OC(F)F)CC3N(C)C. The van der Waals surface area contributed by atoms with Crippen molar-refractivity contribution < 1.29 is 18.3 Å². The van der Waals surface area contributed by atoms with Gasteiger partial charge in [0.25, 0.3) is 0 Å². The summed E-state index contributed by atoms with van der Waals surface area (Å²) in [6.07, 6.45) is 6.80. The van der Waals surface area contributed by atoms with Crippen molar-refractivity contribution in [3.05, 3.63) is 58.9 Å². The van der Waals surface area contributed by atoms with E-state index in [4.69, 9.17) is 16.1 Å². The van der Waals surface area contributed by atoms with Gasteiger partial charge in [-0.25, -0.2) is 4.98 Å². The molecule has 1 aliphatic heterocycles. The van der Waals surface area contributed by atoms with Crippen LogP contribution in [0.3, 0.4) is 0 Å². The van der Waals surface area contributed by atoms with Crippen LogP contribution < -0.4 is 4.74 Å². The van der Waals surface area contributed by atoms with Crippen molar-refractivity contribution in [3.63, 3.8) is 0 Å². The van der Waals surface area contributed by atoms with Crippen LogP contribution in [-0.4, -0.2) is 41.4 Å². The van der Waals surface area contributed by atoms with Gasteiger partial charge in [-0.15, -0.1) is 6.42 Å². The smallest absolute Gasteiger partial charge is 0.387 e. The molecular weight excluding hydrogens is 376 g/mol. The Hall–Kier alpha value is -3.24. The molecule has 2 atom stereocenters. The van der Waals surface area contributed by atoms with Gasteiger partial charge in [0.1, 0.15) is 11.6 Å². The summed E-state index contributed by atoms with van der Waals surface area (Å²) in [6.45, 7) is -2.99. The summed E-state index contributed by atoms with van der Waals surface area (Å²) in [5, 5.41) is 0. The number of rotatable bonds is 5. The number of nitrogens with zero attached hydrogens (tertiary/aromatic N) is 3. The number of hydrogen-bond donors (Lipinski definition) is 0. The number of halogens is 2. The van der Waals surface area contributed by atoms with Crippen LogP contribution in [0.4, 0.5) is 8.78 Å². The number of carbonyl (C=O) groups is 1. The van der Waals surface area contributed by atoms with E-state index in [-0.39, 0.29) is 11.8 Å². The molecule has 4 rings (SSSR count). The van der Waals surface area contributed by atoms with Crippen LogP contribution in [-0.2, 0) is 0 Å². The van der Waals surface area contributed by atoms with Crippen molar-refractivity contribution in [2.75, 3.05) is 14.1 Å². The summed E-state index contributed by atoms with van der Waals surface area (Å²) in [7, 11) is 3.87. The van der Waals surface area contributed by atoms with E-state index in [2.05, 4.69) is 5.92 Å². The number of aromatic nitrogens is 2. The summed E-state index contributed by atoms with van der Waals surface area (Å²) in [4.78, 5) is 18.5. The number of imidazole rings is 1. The Bertz CT molecular complexity index is 1130. The Morgan fingerprint density at radius 1 is 1.34 bits per heavy atom. The van der Waals surface area contributed by atoms with Gasteiger partial charge in [0.05, 0.1) is 23.1 Å². The Labute approximate surface area is 166 Å². The van der Waals surface area contributed by atoms with E-state index in [1.54, 1.807) is 6.07 Å². The van der Waals surface area contributed by atoms with Crippen molar-refractivity contribution in [2.24, 2.45) is 0 Å². The van der Waals surface area contributed by atoms with Crippen LogP contribution in [0, 0.1) is 12.3 Å². The van der Waals surface area contributed by atoms with Crippen molar-refractivity contribution in [2.45, 2.75) is 25.1 Å². The minimum atomic E-state index is -2.99. The summed E-state index contributed by atoms with van der Waals surface area (Å²) < 4.78 is 32.9. The van der Waals surface area contributed by atoms with Crippen molar-refractivity contribution in [1.29, 1.82) is 0 Å². The van der Waals surface area contributed by atoms with Gasteiger partial charge in [0, 0.05) is 16.7 Å². The largest absolute Gasteiger partial charge is 0.434 e. The van der Waals surface area contributed by atoms with Gasteiger partial charge in [-0.2, -0.15) is 8.78 Å². The molecule has 0 N–H and O–H groups in total. The summed E-state index contributed by atoms with van der Waals surface area (Å²) in [5.41, 5.74) is 3.00. The van der Waals surface area contributed by atoms with E-state index in [0.717, 1.165) is 16.9 Å². The molecule has 2 aromatic carbocycles. The highest BCUT2D eigenvalue weighted by Crippen LogP contribution is 2.46. The zero-order valence-electron chi connectivity index (χ0n) is 16.0. The normalized spacial score (nSPS) is 18.2. The van der Waals surface area contributed by atoms with Crippen LogP contribution in [0.2, 0.25) is 0 Å². The molecule has 0 aliphatic carbocycles. The zero-order chi connectivity index (χ0) is 20.7. The molecule has 0 fully saturated rings. The molecular formula is C22H19F2N3O2. The number of ether oxygens (including phenoxy) is 1. The van der Waals surface area contributed by atoms with E-state index in [1.807, 2.05) is 41.8 Å². The lowest BCUT2D eigenvalue weighted by Gasteiger charge is -2.22. The number of hydrogen-bond acceptors (Lipinski definition) is 4. The highest BCUT2D eigenvalue weighted by molar-refractivity contribution is 5.82. The quantitative estimate of drug-likeness (QED) is 0.484. The standard InChI is InChI=1S/C22H19F2N3O2/c1-4-13-8-9-15-16(10-13)27-17(11-18(26(2)3)21(27)25-15)20-14(12-28)6-5-7-19(20)29-22(23)24/h1,5-10,12,17-18,22H,11H2,2-3H3. The molecule has 2 heterocycles. The van der Waals surface area contributed by atoms with E-state index in [9.17, 15) is 13.6 Å². The van der Waals surface area contributed by atoms with E-state index in [0.29, 0.717) is 29.4 Å². The fraction of sp³-hybridized carbons (Fsp3) is 0.273. The minimum absolute atomic E-state index is 0.00471. The molecule has 2 unspecified atom stereocenters. The van der Waals surface area contributed by atoms with Crippen molar-refractivity contribution >= 4 is 17.3 Å². The van der Waals surface area contributed by atoms with Crippen LogP contribution in [0.1, 0.15) is 45.8 Å². The predicted molar refractivity (Wildman–Crippen MR) is 105 cm³/mol. The molecule has 0 saturated heterocycles. The van der Waals surface area contributed by atoms with Crippen LogP contribution >= 0.6 is 0 Å². The maximum atomic E-state index is 13.1. The number of aldehydes is 1. The molecule has 3 aromatic rings. The first-order valence-corrected chi connectivity index (χ1v) is 9.12. The monoisotopic (exact) mass is 395 g/mol. The topological polar surface area (TPSA) is 47.4 Å². The highest BCUT2D eigenvalue weighted by Gasteiger charge is 2.38. The number of benzene rings is 2. The first-order valence-electron chi connectivity index (χ1n) is 9.12. The van der Waals surface area contributed by atoms with Crippen LogP contribution in [0.25, 0.3) is 11.0 Å². The second-order valence-electron chi connectivity index (χ2n) is 7.17. The second-order valence-corrected chi connectivity index (χ2v) is 7.17. The third kappa shape index (κ3) is 3.15. The fourth-order valence-corrected chi connectivity index (χ4v) is 4.09. The third-order valence-corrected chi connectivity index (χ3v) is 5.34. The molecule has 29 heavy (non-hydrogen) atoms. The molecule has 1 aliphatic rings. The molecule has 0 saturated carbocycles. The van der Waals surface area contributed by atoms with Gasteiger partial charge in [0.2, 0.25) is 0 Å². The van der Waals surface area contributed by atoms with E-state index < -0.39 is 12.7 Å². The average Bonchev–Trinajstić information content (AvgIpc) is 3.24. The molecule has 0 spiro atoms. The Kier molecular flexibility index (Phi) is 4.81. The van der Waals surface area contributed by atoms with Crippen LogP contribution in [0.5, 0.6) is 5.75 Å². The number of carbonyl (C=O) groups excluding carboxylic acids is 1. The van der Waals surface area contributed by atoms with E-state index in [1.165, 1.54) is 12.1 Å². The Balaban J connectivity index is 1.99. The second kappa shape index (κ2) is 7.30. The van der Waals surface area contributed by atoms with Gasteiger partial charge >= 0.3 is 6.61 Å². The summed E-state index contributed by atoms with van der Waals surface area (Å²) >= 11 is 0. The lowest BCUT2D eigenvalue weighted by molar-refractivity contribution is -0.0507. The van der Waals surface area contributed by atoms with Gasteiger partial charge in [-0.05, 0) is 44.8 Å². The molecule has 0 radical (unpaired) electrons. The maximum Gasteiger partial charge on any atom is 0.387 e. The minimum Gasteiger partial charge on any atom is -0.434 e. The molecule has 5 nitrogen and oxygen atoms in total. The molecule has 148 valence electrons. The highest BCUT2D eigenvalue weighted by atomic mass is 19.3.